The highest BCUT2D eigenvalue weighted by molar-refractivity contribution is 5.94. The largest absolute Gasteiger partial charge is 0.353 e. The van der Waals surface area contributed by atoms with E-state index in [1.807, 2.05) is 27.7 Å². The molecule has 1 aromatic rings. The summed E-state index contributed by atoms with van der Waals surface area (Å²) < 4.78 is 0. The van der Waals surface area contributed by atoms with Crippen LogP contribution in [0.1, 0.15) is 43.4 Å². The topological polar surface area (TPSA) is 61.4 Å². The third-order valence-corrected chi connectivity index (χ3v) is 3.90. The van der Waals surface area contributed by atoms with E-state index < -0.39 is 0 Å². The van der Waals surface area contributed by atoms with E-state index in [2.05, 4.69) is 29.7 Å². The molecule has 0 aliphatic carbocycles. The van der Waals surface area contributed by atoms with E-state index in [0.29, 0.717) is 0 Å². The van der Waals surface area contributed by atoms with Gasteiger partial charge < -0.3 is 10.6 Å². The van der Waals surface area contributed by atoms with Crippen LogP contribution in [-0.4, -0.2) is 42.9 Å². The van der Waals surface area contributed by atoms with Gasteiger partial charge >= 0.3 is 0 Å². The second-order valence-corrected chi connectivity index (χ2v) is 6.75. The first kappa shape index (κ1) is 20.2. The number of anilines is 1. The van der Waals surface area contributed by atoms with Crippen LogP contribution < -0.4 is 10.6 Å². The minimum atomic E-state index is -0.109. The summed E-state index contributed by atoms with van der Waals surface area (Å²) in [5.74, 6) is -0.157. The zero-order valence-corrected chi connectivity index (χ0v) is 15.8. The maximum atomic E-state index is 12.2. The number of nitrogens with zero attached hydrogens (tertiary/aromatic N) is 1. The van der Waals surface area contributed by atoms with E-state index in [-0.39, 0.29) is 30.9 Å². The van der Waals surface area contributed by atoms with E-state index in [0.717, 1.165) is 29.7 Å². The van der Waals surface area contributed by atoms with Crippen molar-refractivity contribution >= 4 is 17.5 Å². The molecule has 5 heteroatoms. The second-order valence-electron chi connectivity index (χ2n) is 6.75. The van der Waals surface area contributed by atoms with Crippen LogP contribution in [0.5, 0.6) is 0 Å². The Hall–Kier alpha value is -1.88. The van der Waals surface area contributed by atoms with Crippen molar-refractivity contribution in [3.05, 3.63) is 28.8 Å². The molecule has 24 heavy (non-hydrogen) atoms. The number of likely N-dealkylation sites (N-methyl/N-ethyl adjacent to an activating group) is 1. The molecule has 0 heterocycles. The highest BCUT2D eigenvalue weighted by Crippen LogP contribution is 2.21. The van der Waals surface area contributed by atoms with E-state index in [4.69, 9.17) is 0 Å². The number of aryl methyl sites for hydroxylation is 3. The van der Waals surface area contributed by atoms with Gasteiger partial charge in [-0.25, -0.2) is 0 Å². The minimum Gasteiger partial charge on any atom is -0.353 e. The fourth-order valence-electron chi connectivity index (χ4n) is 2.93. The maximum Gasteiger partial charge on any atom is 0.238 e. The zero-order chi connectivity index (χ0) is 18.3. The standard InChI is InChI=1S/C19H31N3O2/c1-7-8-16(5)20-17(23)11-22(6)12-18(24)21-19-14(3)9-13(2)10-15(19)4/h9-10,16H,7-8,11-12H2,1-6H3,(H,20,23)(H,21,24)/t16-/m1/s1. The Labute approximate surface area is 145 Å². The molecule has 0 aliphatic heterocycles. The molecule has 134 valence electrons. The predicted molar refractivity (Wildman–Crippen MR) is 99.3 cm³/mol. The highest BCUT2D eigenvalue weighted by atomic mass is 16.2. The Bertz CT molecular complexity index is 561. The van der Waals surface area contributed by atoms with E-state index in [1.165, 1.54) is 5.56 Å². The summed E-state index contributed by atoms with van der Waals surface area (Å²) in [5.41, 5.74) is 4.14. The molecule has 2 amide bonds. The Morgan fingerprint density at radius 1 is 1.08 bits per heavy atom. The van der Waals surface area contributed by atoms with Gasteiger partial charge in [-0.2, -0.15) is 0 Å². The van der Waals surface area contributed by atoms with Gasteiger partial charge in [-0.3, -0.25) is 14.5 Å². The minimum absolute atomic E-state index is 0.0473. The van der Waals surface area contributed by atoms with Crippen molar-refractivity contribution in [3.63, 3.8) is 0 Å². The van der Waals surface area contributed by atoms with Crippen molar-refractivity contribution in [2.45, 2.75) is 53.5 Å². The van der Waals surface area contributed by atoms with Gasteiger partial charge in [0.15, 0.2) is 0 Å². The summed E-state index contributed by atoms with van der Waals surface area (Å²) in [6.07, 6.45) is 2.00. The first-order chi connectivity index (χ1) is 11.2. The number of benzene rings is 1. The lowest BCUT2D eigenvalue weighted by molar-refractivity contribution is -0.123. The van der Waals surface area contributed by atoms with Crippen molar-refractivity contribution in [1.82, 2.24) is 10.2 Å². The summed E-state index contributed by atoms with van der Waals surface area (Å²) in [6.45, 7) is 10.5. The SMILES string of the molecule is CCC[C@@H](C)NC(=O)CN(C)CC(=O)Nc1c(C)cc(C)cc1C. The molecule has 1 aromatic carbocycles. The molecule has 0 saturated carbocycles. The zero-order valence-electron chi connectivity index (χ0n) is 15.8. The number of nitrogens with one attached hydrogen (secondary N) is 2. The lowest BCUT2D eigenvalue weighted by Crippen LogP contribution is -2.42. The van der Waals surface area contributed by atoms with Gasteiger partial charge in [-0.1, -0.05) is 31.0 Å². The van der Waals surface area contributed by atoms with Crippen molar-refractivity contribution < 1.29 is 9.59 Å². The lowest BCUT2D eigenvalue weighted by Gasteiger charge is -2.19. The Morgan fingerprint density at radius 2 is 1.62 bits per heavy atom. The summed E-state index contributed by atoms with van der Waals surface area (Å²) >= 11 is 0. The molecule has 5 nitrogen and oxygen atoms in total. The number of carbonyl (C=O) groups is 2. The molecule has 0 saturated heterocycles. The van der Waals surface area contributed by atoms with Gasteiger partial charge in [0.1, 0.15) is 0 Å². The molecule has 0 bridgehead atoms. The third-order valence-electron chi connectivity index (χ3n) is 3.90. The fourth-order valence-corrected chi connectivity index (χ4v) is 2.93. The van der Waals surface area contributed by atoms with Crippen molar-refractivity contribution in [1.29, 1.82) is 0 Å². The van der Waals surface area contributed by atoms with Gasteiger partial charge in [0.05, 0.1) is 13.1 Å². The summed E-state index contributed by atoms with van der Waals surface area (Å²) in [5, 5.41) is 5.91. The summed E-state index contributed by atoms with van der Waals surface area (Å²) in [4.78, 5) is 25.9. The monoisotopic (exact) mass is 333 g/mol. The van der Waals surface area contributed by atoms with Crippen LogP contribution in [0.15, 0.2) is 12.1 Å². The fraction of sp³-hybridized carbons (Fsp3) is 0.579. The van der Waals surface area contributed by atoms with Crippen LogP contribution in [0, 0.1) is 20.8 Å². The number of amides is 2. The van der Waals surface area contributed by atoms with E-state index in [1.54, 1.807) is 11.9 Å². The molecule has 1 rings (SSSR count). The molecule has 0 fully saturated rings. The first-order valence-corrected chi connectivity index (χ1v) is 8.58. The second kappa shape index (κ2) is 9.42. The average molecular weight is 333 g/mol. The van der Waals surface area contributed by atoms with Crippen LogP contribution in [0.4, 0.5) is 5.69 Å². The van der Waals surface area contributed by atoms with Gasteiger partial charge in [0, 0.05) is 11.7 Å². The Morgan fingerprint density at radius 3 is 2.17 bits per heavy atom. The quantitative estimate of drug-likeness (QED) is 0.769. The molecule has 0 aromatic heterocycles. The molecule has 0 aliphatic rings. The van der Waals surface area contributed by atoms with Crippen LogP contribution in [0.2, 0.25) is 0 Å². The molecular formula is C19H31N3O2. The normalized spacial score (nSPS) is 12.1. The van der Waals surface area contributed by atoms with Gasteiger partial charge in [-0.05, 0) is 52.3 Å². The molecule has 0 radical (unpaired) electrons. The van der Waals surface area contributed by atoms with Gasteiger partial charge in [-0.15, -0.1) is 0 Å². The average Bonchev–Trinajstić information content (AvgIpc) is 2.42. The predicted octanol–water partition coefficient (Wildman–Crippen LogP) is 2.79. The van der Waals surface area contributed by atoms with Crippen LogP contribution >= 0.6 is 0 Å². The first-order valence-electron chi connectivity index (χ1n) is 8.58. The smallest absolute Gasteiger partial charge is 0.238 e. The number of hydrogen-bond donors (Lipinski definition) is 2. The number of rotatable bonds is 8. The van der Waals surface area contributed by atoms with E-state index >= 15 is 0 Å². The molecule has 0 unspecified atom stereocenters. The summed E-state index contributed by atoms with van der Waals surface area (Å²) in [7, 11) is 1.78. The Kier molecular flexibility index (Phi) is 7.92. The van der Waals surface area contributed by atoms with E-state index in [9.17, 15) is 9.59 Å². The molecular weight excluding hydrogens is 302 g/mol. The number of carbonyl (C=O) groups excluding carboxylic acids is 2. The maximum absolute atomic E-state index is 12.2. The summed E-state index contributed by atoms with van der Waals surface area (Å²) in [6, 6.07) is 4.27. The van der Waals surface area contributed by atoms with Gasteiger partial charge in [0.25, 0.3) is 0 Å². The molecule has 2 N–H and O–H groups in total. The lowest BCUT2D eigenvalue weighted by atomic mass is 10.1. The van der Waals surface area contributed by atoms with Gasteiger partial charge in [0.2, 0.25) is 11.8 Å². The van der Waals surface area contributed by atoms with Crippen LogP contribution in [-0.2, 0) is 9.59 Å². The number of hydrogen-bond acceptors (Lipinski definition) is 3. The van der Waals surface area contributed by atoms with Crippen LogP contribution in [0.3, 0.4) is 0 Å². The molecule has 0 spiro atoms. The van der Waals surface area contributed by atoms with Crippen molar-refractivity contribution in [2.75, 3.05) is 25.5 Å². The van der Waals surface area contributed by atoms with Crippen molar-refractivity contribution in [3.8, 4) is 0 Å². The van der Waals surface area contributed by atoms with Crippen molar-refractivity contribution in [2.24, 2.45) is 0 Å². The third kappa shape index (κ3) is 6.71. The highest BCUT2D eigenvalue weighted by Gasteiger charge is 2.14. The Balaban J connectivity index is 2.52. The molecule has 1 atom stereocenters. The van der Waals surface area contributed by atoms with Crippen LogP contribution in [0.25, 0.3) is 0 Å².